The molecule has 2 N–H and O–H groups in total. The molecule has 2 rings (SSSR count). The Morgan fingerprint density at radius 3 is 2.69 bits per heavy atom. The molecule has 74 valence electrons. The lowest BCUT2D eigenvalue weighted by atomic mass is 9.98. The fourth-order valence-electron chi connectivity index (χ4n) is 2.02. The number of hydrogen-bond donors (Lipinski definition) is 1. The zero-order chi connectivity index (χ0) is 9.64. The minimum atomic E-state index is -0.260. The molecule has 0 spiro atoms. The number of nitrogens with two attached hydrogens (primary N) is 1. The first-order valence-electron chi connectivity index (χ1n) is 4.70. The first kappa shape index (κ1) is 8.97. The molecule has 4 nitrogen and oxygen atoms in total. The van der Waals surface area contributed by atoms with Gasteiger partial charge in [0.25, 0.3) is 0 Å². The SMILES string of the molecule is CC1(C)CC(N2CC(N)C2=O)CO1. The van der Waals surface area contributed by atoms with E-state index < -0.39 is 0 Å². The van der Waals surface area contributed by atoms with Gasteiger partial charge in [0.15, 0.2) is 0 Å². The van der Waals surface area contributed by atoms with Crippen LogP contribution in [0.2, 0.25) is 0 Å². The van der Waals surface area contributed by atoms with E-state index in [4.69, 9.17) is 10.5 Å². The first-order valence-corrected chi connectivity index (χ1v) is 4.70. The molecule has 2 unspecified atom stereocenters. The maximum Gasteiger partial charge on any atom is 0.241 e. The van der Waals surface area contributed by atoms with E-state index in [2.05, 4.69) is 13.8 Å². The fourth-order valence-corrected chi connectivity index (χ4v) is 2.02. The summed E-state index contributed by atoms with van der Waals surface area (Å²) in [4.78, 5) is 13.1. The summed E-state index contributed by atoms with van der Waals surface area (Å²) >= 11 is 0. The average molecular weight is 184 g/mol. The third-order valence-electron chi connectivity index (χ3n) is 2.83. The molecule has 0 aromatic rings. The van der Waals surface area contributed by atoms with Crippen LogP contribution in [-0.2, 0) is 9.53 Å². The summed E-state index contributed by atoms with van der Waals surface area (Å²) in [5.74, 6) is 0.0753. The van der Waals surface area contributed by atoms with Gasteiger partial charge in [-0.15, -0.1) is 0 Å². The van der Waals surface area contributed by atoms with Crippen molar-refractivity contribution in [2.45, 2.75) is 38.0 Å². The number of β-lactam (4-membered cyclic amide) rings is 1. The molecule has 13 heavy (non-hydrogen) atoms. The van der Waals surface area contributed by atoms with E-state index in [9.17, 15) is 4.79 Å². The van der Waals surface area contributed by atoms with Gasteiger partial charge in [-0.1, -0.05) is 0 Å². The zero-order valence-corrected chi connectivity index (χ0v) is 8.12. The number of likely N-dealkylation sites (tertiary alicyclic amines) is 1. The number of rotatable bonds is 1. The van der Waals surface area contributed by atoms with Gasteiger partial charge in [-0.2, -0.15) is 0 Å². The van der Waals surface area contributed by atoms with Gasteiger partial charge in [0.05, 0.1) is 18.2 Å². The second kappa shape index (κ2) is 2.69. The molecule has 4 heteroatoms. The molecule has 2 aliphatic rings. The highest BCUT2D eigenvalue weighted by atomic mass is 16.5. The lowest BCUT2D eigenvalue weighted by Crippen LogP contribution is -2.64. The Morgan fingerprint density at radius 1 is 1.62 bits per heavy atom. The van der Waals surface area contributed by atoms with E-state index in [1.54, 1.807) is 0 Å². The van der Waals surface area contributed by atoms with Crippen molar-refractivity contribution in [3.8, 4) is 0 Å². The predicted octanol–water partition coefficient (Wildman–Crippen LogP) is -0.277. The topological polar surface area (TPSA) is 55.6 Å². The van der Waals surface area contributed by atoms with Gasteiger partial charge in [-0.05, 0) is 20.3 Å². The van der Waals surface area contributed by atoms with Gasteiger partial charge in [-0.3, -0.25) is 4.79 Å². The predicted molar refractivity (Wildman–Crippen MR) is 48.1 cm³/mol. The van der Waals surface area contributed by atoms with Crippen molar-refractivity contribution in [1.29, 1.82) is 0 Å². The Labute approximate surface area is 78.0 Å². The number of amides is 1. The fraction of sp³-hybridized carbons (Fsp3) is 0.889. The third-order valence-corrected chi connectivity index (χ3v) is 2.83. The average Bonchev–Trinajstić information content (AvgIpc) is 2.40. The van der Waals surface area contributed by atoms with E-state index in [0.29, 0.717) is 13.2 Å². The Morgan fingerprint density at radius 2 is 2.31 bits per heavy atom. The molecule has 0 aromatic carbocycles. The third kappa shape index (κ3) is 1.44. The summed E-state index contributed by atoms with van der Waals surface area (Å²) in [7, 11) is 0. The minimum absolute atomic E-state index is 0.0753. The Bertz CT molecular complexity index is 240. The van der Waals surface area contributed by atoms with E-state index in [1.165, 1.54) is 0 Å². The Hall–Kier alpha value is -0.610. The van der Waals surface area contributed by atoms with Crippen molar-refractivity contribution in [1.82, 2.24) is 4.90 Å². The molecule has 0 saturated carbocycles. The summed E-state index contributed by atoms with van der Waals surface area (Å²) < 4.78 is 5.56. The van der Waals surface area contributed by atoms with E-state index in [1.807, 2.05) is 4.90 Å². The highest BCUT2D eigenvalue weighted by molar-refractivity contribution is 5.88. The van der Waals surface area contributed by atoms with Crippen LogP contribution in [0.15, 0.2) is 0 Å². The summed E-state index contributed by atoms with van der Waals surface area (Å²) in [5, 5.41) is 0. The minimum Gasteiger partial charge on any atom is -0.373 e. The lowest BCUT2D eigenvalue weighted by molar-refractivity contribution is -0.145. The summed E-state index contributed by atoms with van der Waals surface area (Å²) in [6, 6.07) is -0.00832. The molecule has 2 fully saturated rings. The quantitative estimate of drug-likeness (QED) is 0.570. The van der Waals surface area contributed by atoms with Crippen LogP contribution in [0.1, 0.15) is 20.3 Å². The van der Waals surface area contributed by atoms with Crippen molar-refractivity contribution in [3.63, 3.8) is 0 Å². The van der Waals surface area contributed by atoms with Crippen molar-refractivity contribution < 1.29 is 9.53 Å². The van der Waals surface area contributed by atoms with Crippen molar-refractivity contribution >= 4 is 5.91 Å². The van der Waals surface area contributed by atoms with Crippen LogP contribution in [-0.4, -0.2) is 41.6 Å². The normalized spacial score (nSPS) is 37.8. The van der Waals surface area contributed by atoms with E-state index in [0.717, 1.165) is 6.42 Å². The maximum absolute atomic E-state index is 11.3. The van der Waals surface area contributed by atoms with Crippen LogP contribution < -0.4 is 5.73 Å². The Balaban J connectivity index is 1.94. The molecule has 2 saturated heterocycles. The maximum atomic E-state index is 11.3. The van der Waals surface area contributed by atoms with Gasteiger partial charge >= 0.3 is 0 Å². The molecule has 0 aromatic heterocycles. The van der Waals surface area contributed by atoms with Crippen LogP contribution in [0.5, 0.6) is 0 Å². The van der Waals surface area contributed by atoms with Crippen LogP contribution in [0.3, 0.4) is 0 Å². The largest absolute Gasteiger partial charge is 0.373 e. The second-order valence-electron chi connectivity index (χ2n) is 4.53. The molecule has 0 radical (unpaired) electrons. The first-order chi connectivity index (χ1) is 5.99. The number of carbonyl (C=O) groups excluding carboxylic acids is 1. The van der Waals surface area contributed by atoms with Crippen LogP contribution in [0.4, 0.5) is 0 Å². The number of carbonyl (C=O) groups is 1. The van der Waals surface area contributed by atoms with Gasteiger partial charge < -0.3 is 15.4 Å². The number of ether oxygens (including phenoxy) is 1. The van der Waals surface area contributed by atoms with Gasteiger partial charge in [-0.25, -0.2) is 0 Å². The molecule has 2 aliphatic heterocycles. The number of nitrogens with zero attached hydrogens (tertiary/aromatic N) is 1. The monoisotopic (exact) mass is 184 g/mol. The van der Waals surface area contributed by atoms with Crippen molar-refractivity contribution in [2.24, 2.45) is 5.73 Å². The smallest absolute Gasteiger partial charge is 0.241 e. The van der Waals surface area contributed by atoms with Gasteiger partial charge in [0.2, 0.25) is 5.91 Å². The molecule has 1 amide bonds. The van der Waals surface area contributed by atoms with E-state index in [-0.39, 0.29) is 23.6 Å². The molecule has 2 atom stereocenters. The van der Waals surface area contributed by atoms with Crippen LogP contribution in [0, 0.1) is 0 Å². The second-order valence-corrected chi connectivity index (χ2v) is 4.53. The zero-order valence-electron chi connectivity index (χ0n) is 8.12. The van der Waals surface area contributed by atoms with Crippen LogP contribution >= 0.6 is 0 Å². The van der Waals surface area contributed by atoms with Gasteiger partial charge in [0.1, 0.15) is 6.04 Å². The van der Waals surface area contributed by atoms with Crippen molar-refractivity contribution in [3.05, 3.63) is 0 Å². The molecular formula is C9H16N2O2. The van der Waals surface area contributed by atoms with Crippen LogP contribution in [0.25, 0.3) is 0 Å². The van der Waals surface area contributed by atoms with Crippen molar-refractivity contribution in [2.75, 3.05) is 13.2 Å². The standard InChI is InChI=1S/C9H16N2O2/c1-9(2)3-6(5-13-9)11-4-7(10)8(11)12/h6-7H,3-5,10H2,1-2H3. The van der Waals surface area contributed by atoms with Gasteiger partial charge in [0, 0.05) is 6.54 Å². The lowest BCUT2D eigenvalue weighted by Gasteiger charge is -2.40. The molecule has 0 aliphatic carbocycles. The summed E-state index contributed by atoms with van der Waals surface area (Å²) in [5.41, 5.74) is 5.44. The van der Waals surface area contributed by atoms with E-state index >= 15 is 0 Å². The Kier molecular flexibility index (Phi) is 1.85. The number of hydrogen-bond acceptors (Lipinski definition) is 3. The molecule has 0 bridgehead atoms. The highest BCUT2D eigenvalue weighted by Gasteiger charge is 2.43. The highest BCUT2D eigenvalue weighted by Crippen LogP contribution is 2.30. The summed E-state index contributed by atoms with van der Waals surface area (Å²) in [6.07, 6.45) is 0.922. The molecule has 2 heterocycles. The summed E-state index contributed by atoms with van der Waals surface area (Å²) in [6.45, 7) is 5.46. The molecular weight excluding hydrogens is 168 g/mol.